The van der Waals surface area contributed by atoms with Crippen LogP contribution in [0.25, 0.3) is 0 Å². The summed E-state index contributed by atoms with van der Waals surface area (Å²) in [6.45, 7) is 3.25. The molecule has 1 aromatic carbocycles. The zero-order valence-corrected chi connectivity index (χ0v) is 13.9. The lowest BCUT2D eigenvalue weighted by molar-refractivity contribution is -0.893. The Bertz CT molecular complexity index is 506. The van der Waals surface area contributed by atoms with Crippen LogP contribution in [0.4, 0.5) is 0 Å². The molecule has 0 aromatic heterocycles. The molecule has 0 bridgehead atoms. The number of esters is 1. The zero-order valence-electron chi connectivity index (χ0n) is 13.9. The summed E-state index contributed by atoms with van der Waals surface area (Å²) in [7, 11) is 1.36. The van der Waals surface area contributed by atoms with E-state index in [4.69, 9.17) is 0 Å². The van der Waals surface area contributed by atoms with Gasteiger partial charge in [0.25, 0.3) is 5.91 Å². The Kier molecular flexibility index (Phi) is 7.07. The maximum atomic E-state index is 12.1. The van der Waals surface area contributed by atoms with Gasteiger partial charge in [-0.05, 0) is 43.4 Å². The van der Waals surface area contributed by atoms with Crippen LogP contribution in [0.15, 0.2) is 24.3 Å². The van der Waals surface area contributed by atoms with Crippen molar-refractivity contribution in [2.24, 2.45) is 0 Å². The highest BCUT2D eigenvalue weighted by molar-refractivity contribution is 5.89. The van der Waals surface area contributed by atoms with E-state index in [1.54, 1.807) is 12.1 Å². The Labute approximate surface area is 138 Å². The van der Waals surface area contributed by atoms with Crippen LogP contribution in [0, 0.1) is 0 Å². The van der Waals surface area contributed by atoms with E-state index in [2.05, 4.69) is 10.1 Å². The van der Waals surface area contributed by atoms with Crippen molar-refractivity contribution < 1.29 is 19.2 Å². The molecule has 5 heteroatoms. The summed E-state index contributed by atoms with van der Waals surface area (Å²) in [6, 6.07) is 7.12. The van der Waals surface area contributed by atoms with Gasteiger partial charge in [0.15, 0.2) is 6.54 Å². The van der Waals surface area contributed by atoms with Crippen LogP contribution >= 0.6 is 0 Å². The second kappa shape index (κ2) is 9.30. The molecule has 2 rings (SSSR count). The first kappa shape index (κ1) is 17.5. The predicted octanol–water partition coefficient (Wildman–Crippen LogP) is 0.938. The SMILES string of the molecule is COC(=O)c1ccc(CNC(=O)C[NH+]2CCCCCCC2)cc1. The third-order valence-corrected chi connectivity index (χ3v) is 4.34. The van der Waals surface area contributed by atoms with Gasteiger partial charge in [-0.15, -0.1) is 0 Å². The number of rotatable bonds is 5. The van der Waals surface area contributed by atoms with Crippen molar-refractivity contribution >= 4 is 11.9 Å². The van der Waals surface area contributed by atoms with Crippen LogP contribution in [-0.2, 0) is 16.1 Å². The smallest absolute Gasteiger partial charge is 0.337 e. The van der Waals surface area contributed by atoms with Crippen molar-refractivity contribution in [2.75, 3.05) is 26.7 Å². The van der Waals surface area contributed by atoms with Crippen molar-refractivity contribution in [1.82, 2.24) is 5.32 Å². The molecule has 23 heavy (non-hydrogen) atoms. The fourth-order valence-corrected chi connectivity index (χ4v) is 2.95. The number of likely N-dealkylation sites (tertiary alicyclic amines) is 1. The van der Waals surface area contributed by atoms with Crippen molar-refractivity contribution in [1.29, 1.82) is 0 Å². The Morgan fingerprint density at radius 2 is 1.65 bits per heavy atom. The Morgan fingerprint density at radius 1 is 1.04 bits per heavy atom. The molecule has 1 heterocycles. The Hall–Kier alpha value is -1.88. The summed E-state index contributed by atoms with van der Waals surface area (Å²) in [6.07, 6.45) is 6.35. The lowest BCUT2D eigenvalue weighted by Crippen LogP contribution is -3.13. The van der Waals surface area contributed by atoms with Crippen LogP contribution in [0.2, 0.25) is 0 Å². The molecular formula is C18H27N2O3+. The number of methoxy groups -OCH3 is 1. The monoisotopic (exact) mass is 319 g/mol. The van der Waals surface area contributed by atoms with Crippen molar-refractivity contribution in [3.8, 4) is 0 Å². The van der Waals surface area contributed by atoms with Gasteiger partial charge in [0, 0.05) is 6.54 Å². The largest absolute Gasteiger partial charge is 0.465 e. The zero-order chi connectivity index (χ0) is 16.5. The minimum Gasteiger partial charge on any atom is -0.465 e. The first-order chi connectivity index (χ1) is 11.2. The van der Waals surface area contributed by atoms with E-state index in [-0.39, 0.29) is 11.9 Å². The normalized spacial score (nSPS) is 16.2. The average molecular weight is 319 g/mol. The van der Waals surface area contributed by atoms with Crippen LogP contribution in [0.1, 0.15) is 48.0 Å². The van der Waals surface area contributed by atoms with Gasteiger partial charge in [-0.3, -0.25) is 4.79 Å². The summed E-state index contributed by atoms with van der Waals surface area (Å²) >= 11 is 0. The summed E-state index contributed by atoms with van der Waals surface area (Å²) in [5.74, 6) is -0.251. The molecular weight excluding hydrogens is 292 g/mol. The van der Waals surface area contributed by atoms with E-state index < -0.39 is 0 Å². The first-order valence-electron chi connectivity index (χ1n) is 8.46. The predicted molar refractivity (Wildman–Crippen MR) is 88.3 cm³/mol. The standard InChI is InChI=1S/C18H26N2O3/c1-23-18(22)16-9-7-15(8-10-16)13-19-17(21)14-20-11-5-3-2-4-6-12-20/h7-10H,2-6,11-14H2,1H3,(H,19,21)/p+1. The van der Waals surface area contributed by atoms with Gasteiger partial charge in [0.05, 0.1) is 25.8 Å². The number of amides is 1. The summed E-state index contributed by atoms with van der Waals surface area (Å²) in [4.78, 5) is 24.9. The Balaban J connectivity index is 1.76. The number of quaternary nitrogens is 1. The third kappa shape index (κ3) is 6.02. The van der Waals surface area contributed by atoms with Crippen LogP contribution in [-0.4, -0.2) is 38.6 Å². The lowest BCUT2D eigenvalue weighted by atomic mass is 10.1. The molecule has 126 valence electrons. The fourth-order valence-electron chi connectivity index (χ4n) is 2.95. The van der Waals surface area contributed by atoms with Gasteiger partial charge in [0.1, 0.15) is 0 Å². The second-order valence-corrected chi connectivity index (χ2v) is 6.16. The Morgan fingerprint density at radius 3 is 2.26 bits per heavy atom. The summed E-state index contributed by atoms with van der Waals surface area (Å²) in [5, 5.41) is 2.97. The fraction of sp³-hybridized carbons (Fsp3) is 0.556. The van der Waals surface area contributed by atoms with Crippen LogP contribution in [0.3, 0.4) is 0 Å². The molecule has 0 atom stereocenters. The molecule has 0 aliphatic carbocycles. The number of hydrogen-bond donors (Lipinski definition) is 2. The molecule has 1 saturated heterocycles. The van der Waals surface area contributed by atoms with E-state index >= 15 is 0 Å². The quantitative estimate of drug-likeness (QED) is 0.794. The van der Waals surface area contributed by atoms with Crippen molar-refractivity contribution in [2.45, 2.75) is 38.6 Å². The maximum absolute atomic E-state index is 12.1. The summed E-state index contributed by atoms with van der Waals surface area (Å²) in [5.41, 5.74) is 1.50. The number of carbonyl (C=O) groups excluding carboxylic acids is 2. The maximum Gasteiger partial charge on any atom is 0.337 e. The average Bonchev–Trinajstić information content (AvgIpc) is 2.55. The molecule has 1 fully saturated rings. The highest BCUT2D eigenvalue weighted by atomic mass is 16.5. The minimum atomic E-state index is -0.346. The van der Waals surface area contributed by atoms with Gasteiger partial charge >= 0.3 is 5.97 Å². The minimum absolute atomic E-state index is 0.0950. The summed E-state index contributed by atoms with van der Waals surface area (Å²) < 4.78 is 4.67. The van der Waals surface area contributed by atoms with Gasteiger partial charge in [-0.1, -0.05) is 18.6 Å². The molecule has 0 saturated carbocycles. The van der Waals surface area contributed by atoms with E-state index in [1.165, 1.54) is 44.1 Å². The lowest BCUT2D eigenvalue weighted by Gasteiger charge is -2.21. The van der Waals surface area contributed by atoms with Gasteiger partial charge in [-0.2, -0.15) is 0 Å². The first-order valence-corrected chi connectivity index (χ1v) is 8.46. The molecule has 0 radical (unpaired) electrons. The van der Waals surface area contributed by atoms with Crippen LogP contribution in [0.5, 0.6) is 0 Å². The topological polar surface area (TPSA) is 59.8 Å². The molecule has 1 amide bonds. The number of carbonyl (C=O) groups is 2. The van der Waals surface area contributed by atoms with Gasteiger partial charge < -0.3 is 15.0 Å². The van der Waals surface area contributed by atoms with E-state index in [0.717, 1.165) is 18.7 Å². The van der Waals surface area contributed by atoms with Gasteiger partial charge in [0.2, 0.25) is 0 Å². The molecule has 2 N–H and O–H groups in total. The van der Waals surface area contributed by atoms with Crippen LogP contribution < -0.4 is 10.2 Å². The van der Waals surface area contributed by atoms with Crippen molar-refractivity contribution in [3.63, 3.8) is 0 Å². The number of hydrogen-bond acceptors (Lipinski definition) is 3. The second-order valence-electron chi connectivity index (χ2n) is 6.16. The number of ether oxygens (including phenoxy) is 1. The molecule has 1 aromatic rings. The van der Waals surface area contributed by atoms with E-state index in [0.29, 0.717) is 18.7 Å². The molecule has 0 unspecified atom stereocenters. The molecule has 0 spiro atoms. The molecule has 5 nitrogen and oxygen atoms in total. The van der Waals surface area contributed by atoms with E-state index in [1.807, 2.05) is 12.1 Å². The number of benzene rings is 1. The third-order valence-electron chi connectivity index (χ3n) is 4.34. The molecule has 1 aliphatic rings. The molecule has 1 aliphatic heterocycles. The van der Waals surface area contributed by atoms with E-state index in [9.17, 15) is 9.59 Å². The highest BCUT2D eigenvalue weighted by Gasteiger charge is 2.15. The van der Waals surface area contributed by atoms with Gasteiger partial charge in [-0.25, -0.2) is 4.79 Å². The number of nitrogens with one attached hydrogen (secondary N) is 2. The van der Waals surface area contributed by atoms with Crippen molar-refractivity contribution in [3.05, 3.63) is 35.4 Å². The highest BCUT2D eigenvalue weighted by Crippen LogP contribution is 2.05.